The number of carbonyl (C=O) groups excluding carboxylic acids is 2. The van der Waals surface area contributed by atoms with Crippen LogP contribution in [0.2, 0.25) is 0 Å². The van der Waals surface area contributed by atoms with Crippen molar-refractivity contribution in [1.82, 2.24) is 0 Å². The SMILES string of the molecule is C=IC(F)(COCC(C)OCC(CC(=O)OC(C)COCC(F)(F)C(F)(F)C(F)(F)F)C(C(=O)OC(C)COCC(F)(I)C(F)(F)C(F)(F)F)S(=O)(=O)[O-])C(F)(F)C(F)(F)F. The van der Waals surface area contributed by atoms with Crippen LogP contribution in [0.25, 0.3) is 0 Å². The summed E-state index contributed by atoms with van der Waals surface area (Å²) in [4.78, 5) is 25.6. The summed E-state index contributed by atoms with van der Waals surface area (Å²) in [6.45, 7) is -9.46. The molecule has 11 nitrogen and oxygen atoms in total. The first-order chi connectivity index (χ1) is 27.0. The van der Waals surface area contributed by atoms with Gasteiger partial charge in [0.25, 0.3) is 7.35 Å². The highest BCUT2D eigenvalue weighted by Gasteiger charge is 2.74. The van der Waals surface area contributed by atoms with Crippen molar-refractivity contribution >= 4 is 69.9 Å². The Labute approximate surface area is 355 Å². The molecule has 0 aliphatic heterocycles. The predicted octanol–water partition coefficient (Wildman–Crippen LogP) is 7.62. The summed E-state index contributed by atoms with van der Waals surface area (Å²) in [5, 5.41) is -3.16. The minimum Gasteiger partial charge on any atom is -0.747 e. The van der Waals surface area contributed by atoms with Gasteiger partial charge in [0.15, 0.2) is 5.25 Å². The Kier molecular flexibility index (Phi) is 21.3. The highest BCUT2D eigenvalue weighted by atomic mass is 127. The Hall–Kier alpha value is -1.31. The molecule has 0 radical (unpaired) electrons. The average molecular weight is 1190 g/mol. The van der Waals surface area contributed by atoms with Crippen LogP contribution in [0, 0.1) is 5.92 Å². The number of halogens is 21. The molecule has 0 spiro atoms. The molecule has 364 valence electrons. The maximum absolute atomic E-state index is 14.6. The van der Waals surface area contributed by atoms with Crippen molar-refractivity contribution in [1.29, 1.82) is 0 Å². The number of carbonyl (C=O) groups is 2. The molecule has 7 unspecified atom stereocenters. The van der Waals surface area contributed by atoms with Gasteiger partial charge >= 0.3 is 54.2 Å². The molecule has 33 heteroatoms. The molecule has 0 aliphatic rings. The zero-order valence-corrected chi connectivity index (χ0v) is 35.7. The second kappa shape index (κ2) is 21.8. The van der Waals surface area contributed by atoms with Gasteiger partial charge in [0.1, 0.15) is 28.9 Å². The number of alkyl halides is 21. The van der Waals surface area contributed by atoms with Crippen molar-refractivity contribution in [3.8, 4) is 0 Å². The highest BCUT2D eigenvalue weighted by molar-refractivity contribution is 14.2. The first-order valence-electron chi connectivity index (χ1n) is 15.8. The molecule has 61 heavy (non-hydrogen) atoms. The second-order valence-corrected chi connectivity index (χ2v) is 18.3. The minimum atomic E-state index is -6.75. The van der Waals surface area contributed by atoms with Crippen LogP contribution in [0.3, 0.4) is 0 Å². The number of ether oxygens (including phenoxy) is 6. The molecule has 0 saturated heterocycles. The molecular formula is C28H32F19I2O11S-. The van der Waals surface area contributed by atoms with E-state index in [9.17, 15) is 106 Å². The van der Waals surface area contributed by atoms with Gasteiger partial charge < -0.3 is 33.0 Å². The maximum atomic E-state index is 14.6. The molecule has 0 rings (SSSR count). The van der Waals surface area contributed by atoms with Crippen LogP contribution in [0.4, 0.5) is 83.4 Å². The fourth-order valence-electron chi connectivity index (χ4n) is 4.03. The molecule has 0 fully saturated rings. The molecule has 0 aliphatic carbocycles. The number of rotatable bonds is 26. The van der Waals surface area contributed by atoms with Crippen molar-refractivity contribution in [2.24, 2.45) is 5.92 Å². The van der Waals surface area contributed by atoms with Gasteiger partial charge in [-0.05, 0) is 43.4 Å². The van der Waals surface area contributed by atoms with E-state index in [0.717, 1.165) is 20.8 Å². The molecule has 0 bridgehead atoms. The summed E-state index contributed by atoms with van der Waals surface area (Å²) < 4.78 is 308. The van der Waals surface area contributed by atoms with E-state index in [1.807, 2.05) is 0 Å². The average Bonchev–Trinajstić information content (AvgIpc) is 3.04. The van der Waals surface area contributed by atoms with Crippen LogP contribution < -0.4 is 0 Å². The molecule has 7 atom stereocenters. The Balaban J connectivity index is 6.23. The lowest BCUT2D eigenvalue weighted by Gasteiger charge is -2.32. The zero-order valence-electron chi connectivity index (χ0n) is 30.6. The summed E-state index contributed by atoms with van der Waals surface area (Å²) in [7, 11) is -6.12. The van der Waals surface area contributed by atoms with Crippen LogP contribution >= 0.6 is 43.3 Å². The van der Waals surface area contributed by atoms with Crippen LogP contribution in [0.1, 0.15) is 27.2 Å². The zero-order chi connectivity index (χ0) is 48.6. The maximum Gasteiger partial charge on any atom is 0.459 e. The Bertz CT molecular complexity index is 1560. The lowest BCUT2D eigenvalue weighted by Crippen LogP contribution is -2.54. The number of esters is 2. The highest BCUT2D eigenvalue weighted by Crippen LogP contribution is 2.51. The third-order valence-corrected chi connectivity index (χ3v) is 11.6. The van der Waals surface area contributed by atoms with Crippen molar-refractivity contribution in [2.45, 2.75) is 100 Å². The normalized spacial score (nSPS) is 18.6. The van der Waals surface area contributed by atoms with E-state index in [2.05, 4.69) is 28.2 Å². The van der Waals surface area contributed by atoms with Crippen molar-refractivity contribution in [3.05, 3.63) is 0 Å². The van der Waals surface area contributed by atoms with Gasteiger partial charge in [-0.2, -0.15) is 74.6 Å². The topological polar surface area (TPSA) is 147 Å². The number of hydrogen-bond acceptors (Lipinski definition) is 11. The van der Waals surface area contributed by atoms with Crippen LogP contribution in [0.5, 0.6) is 0 Å². The fourth-order valence-corrected chi connectivity index (χ4v) is 6.72. The monoisotopic (exact) mass is 1190 g/mol. The largest absolute Gasteiger partial charge is 0.747 e. The van der Waals surface area contributed by atoms with Crippen molar-refractivity contribution < 1.29 is 134 Å². The van der Waals surface area contributed by atoms with Gasteiger partial charge in [-0.1, -0.05) is 25.2 Å². The Morgan fingerprint density at radius 3 is 1.46 bits per heavy atom. The van der Waals surface area contributed by atoms with Crippen LogP contribution in [-0.2, 0) is 48.1 Å². The second-order valence-electron chi connectivity index (χ2n) is 12.6. The Morgan fingerprint density at radius 1 is 0.623 bits per heavy atom. The van der Waals surface area contributed by atoms with Crippen LogP contribution in [0.15, 0.2) is 0 Å². The fraction of sp³-hybridized carbons (Fsp3) is 0.893. The summed E-state index contributed by atoms with van der Waals surface area (Å²) in [5.74, 6) is -30.8. The molecule has 0 N–H and O–H groups in total. The third kappa shape index (κ3) is 16.3. The van der Waals surface area contributed by atoms with E-state index >= 15 is 0 Å². The molecule has 0 heterocycles. The summed E-state index contributed by atoms with van der Waals surface area (Å²) >= 11 is -2.78. The van der Waals surface area contributed by atoms with E-state index in [1.54, 1.807) is 0 Å². The first-order valence-corrected chi connectivity index (χ1v) is 21.0. The molecular weight excluding hydrogens is 1160 g/mol. The predicted molar refractivity (Wildman–Crippen MR) is 181 cm³/mol. The molecule has 0 aromatic rings. The van der Waals surface area contributed by atoms with E-state index in [1.165, 1.54) is 0 Å². The summed E-state index contributed by atoms with van der Waals surface area (Å²) in [5.41, 5.74) is 0. The van der Waals surface area contributed by atoms with Gasteiger partial charge in [-0.15, -0.1) is 0 Å². The lowest BCUT2D eigenvalue weighted by molar-refractivity contribution is -0.361. The van der Waals surface area contributed by atoms with Crippen LogP contribution in [-0.4, -0.2) is 149 Å². The quantitative estimate of drug-likeness (QED) is 0.0277. The van der Waals surface area contributed by atoms with E-state index in [0.29, 0.717) is 0 Å². The smallest absolute Gasteiger partial charge is 0.459 e. The van der Waals surface area contributed by atoms with Gasteiger partial charge in [0.05, 0.1) is 52.2 Å². The van der Waals surface area contributed by atoms with Gasteiger partial charge in [0, 0.05) is 5.92 Å². The minimum absolute atomic E-state index is 0.0486. The van der Waals surface area contributed by atoms with E-state index in [-0.39, 0.29) is 22.6 Å². The number of hydrogen-bond donors (Lipinski definition) is 0. The molecule has 0 aromatic heterocycles. The summed E-state index contributed by atoms with van der Waals surface area (Å²) in [6.07, 6.45) is -26.6. The Morgan fingerprint density at radius 2 is 1.03 bits per heavy atom. The third-order valence-electron chi connectivity index (χ3n) is 7.21. The van der Waals surface area contributed by atoms with Gasteiger partial charge in [-0.3, -0.25) is 9.59 Å². The van der Waals surface area contributed by atoms with Gasteiger partial charge in [0.2, 0.25) is 0 Å². The van der Waals surface area contributed by atoms with E-state index in [4.69, 9.17) is 4.74 Å². The van der Waals surface area contributed by atoms with Gasteiger partial charge in [-0.25, -0.2) is 17.2 Å². The molecule has 0 aromatic carbocycles. The molecule has 0 amide bonds. The summed E-state index contributed by atoms with van der Waals surface area (Å²) in [6, 6.07) is 0. The van der Waals surface area contributed by atoms with Crippen molar-refractivity contribution in [3.63, 3.8) is 0 Å². The molecule has 0 saturated carbocycles. The first kappa shape index (κ1) is 59.7. The van der Waals surface area contributed by atoms with Crippen molar-refractivity contribution in [2.75, 3.05) is 46.2 Å². The lowest BCUT2D eigenvalue weighted by atomic mass is 10.0. The standard InChI is InChI=1S/C28H33F19I2O11S/c1-13(6-57-12-22(32,49-4)25(37,38)28(45,46)47)58-9-16(5-17(50)59-14(2)7-55-10-20(29,30)23(33,34)26(39,40)41)18(61(52,53)54)19(51)60-15(3)8-56-11-21(31,48)24(35,36)27(42,43)44/h13-16,18H,4-12H2,1-3H3,(H,52,53,54)/p-1. The van der Waals surface area contributed by atoms with E-state index < -0.39 is 175 Å².